The normalized spacial score (nSPS) is 14.1. The second-order valence-corrected chi connectivity index (χ2v) is 18.2. The number of hydrogen-bond acceptors (Lipinski definition) is 6. The van der Waals surface area contributed by atoms with Gasteiger partial charge in [-0.3, -0.25) is 13.8 Å². The zero-order valence-corrected chi connectivity index (χ0v) is 38.7. The number of rotatable bonds is 43. The number of carbonyl (C=O) groups excluding carboxylic acids is 1. The molecule has 0 spiro atoms. The maximum Gasteiger partial charge on any atom is 0.472 e. The van der Waals surface area contributed by atoms with E-state index >= 15 is 0 Å². The van der Waals surface area contributed by atoms with E-state index in [2.05, 4.69) is 62.5 Å². The third-order valence-electron chi connectivity index (χ3n) is 9.90. The number of hydrogen-bond donors (Lipinski definition) is 1. The van der Waals surface area contributed by atoms with Gasteiger partial charge >= 0.3 is 13.8 Å². The highest BCUT2D eigenvalue weighted by atomic mass is 31.2. The molecule has 57 heavy (non-hydrogen) atoms. The standard InChI is InChI=1S/C48H90NO7P/c1-6-8-10-12-14-16-18-20-22-23-24-25-26-28-30-32-34-36-38-40-43-53-45-47(46-55-57(51,52)54-44-42-49(3,4)5)56-48(50)41-39-37-35-33-31-29-27-21-19-17-15-13-11-9-7-2/h8,10,14,16,20,22,24-25,47H,6-7,9,11-13,15,17-19,21,23,26-46H2,1-5H3/p+1/b10-8-,16-14-,22-20-,25-24-. The molecule has 9 heteroatoms. The van der Waals surface area contributed by atoms with E-state index in [1.54, 1.807) is 0 Å². The topological polar surface area (TPSA) is 91.3 Å². The van der Waals surface area contributed by atoms with Crippen LogP contribution in [0.15, 0.2) is 48.6 Å². The molecular weight excluding hydrogens is 734 g/mol. The lowest BCUT2D eigenvalue weighted by molar-refractivity contribution is -0.870. The third kappa shape index (κ3) is 45.4. The van der Waals surface area contributed by atoms with Crippen molar-refractivity contribution >= 4 is 13.8 Å². The van der Waals surface area contributed by atoms with Gasteiger partial charge in [0.1, 0.15) is 19.3 Å². The van der Waals surface area contributed by atoms with E-state index in [4.69, 9.17) is 18.5 Å². The Morgan fingerprint density at radius 1 is 0.561 bits per heavy atom. The molecule has 0 fully saturated rings. The van der Waals surface area contributed by atoms with Crippen molar-refractivity contribution in [2.75, 3.05) is 54.1 Å². The van der Waals surface area contributed by atoms with Crippen molar-refractivity contribution in [1.82, 2.24) is 0 Å². The summed E-state index contributed by atoms with van der Waals surface area (Å²) in [5.74, 6) is -0.317. The van der Waals surface area contributed by atoms with Crippen LogP contribution in [0.25, 0.3) is 0 Å². The van der Waals surface area contributed by atoms with Crippen LogP contribution in [0.4, 0.5) is 0 Å². The molecular formula is C48H91NO7P+. The van der Waals surface area contributed by atoms with Gasteiger partial charge in [0, 0.05) is 13.0 Å². The van der Waals surface area contributed by atoms with Gasteiger partial charge in [0.25, 0.3) is 0 Å². The number of ether oxygens (including phenoxy) is 2. The number of carbonyl (C=O) groups is 1. The fraction of sp³-hybridized carbons (Fsp3) is 0.812. The summed E-state index contributed by atoms with van der Waals surface area (Å²) in [6.07, 6.45) is 50.0. The molecule has 0 bridgehead atoms. The molecule has 0 aliphatic heterocycles. The van der Waals surface area contributed by atoms with Crippen molar-refractivity contribution in [3.05, 3.63) is 48.6 Å². The predicted molar refractivity (Wildman–Crippen MR) is 243 cm³/mol. The minimum absolute atomic E-state index is 0.0860. The molecule has 0 aromatic rings. The van der Waals surface area contributed by atoms with Crippen LogP contribution in [0.5, 0.6) is 0 Å². The van der Waals surface area contributed by atoms with E-state index in [1.165, 1.54) is 109 Å². The van der Waals surface area contributed by atoms with Crippen LogP contribution >= 0.6 is 7.82 Å². The molecule has 0 amide bonds. The maximum atomic E-state index is 12.7. The maximum absolute atomic E-state index is 12.7. The van der Waals surface area contributed by atoms with E-state index in [0.717, 1.165) is 64.2 Å². The Morgan fingerprint density at radius 2 is 1.02 bits per heavy atom. The average Bonchev–Trinajstić information content (AvgIpc) is 3.16. The van der Waals surface area contributed by atoms with Crippen molar-refractivity contribution in [1.29, 1.82) is 0 Å². The quantitative estimate of drug-likeness (QED) is 0.0215. The number of phosphoric acid groups is 1. The van der Waals surface area contributed by atoms with Crippen LogP contribution in [0, 0.1) is 0 Å². The molecule has 0 saturated heterocycles. The zero-order chi connectivity index (χ0) is 42.0. The number of quaternary nitrogens is 1. The van der Waals surface area contributed by atoms with Gasteiger partial charge in [-0.05, 0) is 51.4 Å². The summed E-state index contributed by atoms with van der Waals surface area (Å²) < 4.78 is 35.1. The molecule has 8 nitrogen and oxygen atoms in total. The number of allylic oxidation sites excluding steroid dienone is 8. The summed E-state index contributed by atoms with van der Waals surface area (Å²) in [6, 6.07) is 0. The third-order valence-corrected chi connectivity index (χ3v) is 10.9. The lowest BCUT2D eigenvalue weighted by Crippen LogP contribution is -2.37. The van der Waals surface area contributed by atoms with Gasteiger partial charge in [-0.1, -0.05) is 184 Å². The Kier molecular flexibility index (Phi) is 40.1. The highest BCUT2D eigenvalue weighted by Gasteiger charge is 2.26. The SMILES string of the molecule is CC/C=C\C/C=C\C/C=C\C/C=C\CCCCCCCCCOCC(COP(=O)(O)OCC[N+](C)(C)C)OC(=O)CCCCCCCCCCCCCCCCC. The van der Waals surface area contributed by atoms with Crippen molar-refractivity contribution in [3.63, 3.8) is 0 Å². The Balaban J connectivity index is 4.20. The van der Waals surface area contributed by atoms with Crippen molar-refractivity contribution in [2.24, 2.45) is 0 Å². The Hall–Kier alpha value is -1.54. The minimum Gasteiger partial charge on any atom is -0.457 e. The van der Waals surface area contributed by atoms with Gasteiger partial charge < -0.3 is 18.9 Å². The molecule has 2 unspecified atom stereocenters. The molecule has 0 rings (SSSR count). The van der Waals surface area contributed by atoms with Crippen molar-refractivity contribution in [3.8, 4) is 0 Å². The monoisotopic (exact) mass is 825 g/mol. The molecule has 0 aliphatic carbocycles. The molecule has 0 aromatic heterocycles. The van der Waals surface area contributed by atoms with E-state index in [0.29, 0.717) is 24.1 Å². The predicted octanol–water partition coefficient (Wildman–Crippen LogP) is 13.9. The Labute approximate surface area is 352 Å². The van der Waals surface area contributed by atoms with Crippen LogP contribution in [-0.2, 0) is 27.9 Å². The number of nitrogens with zero attached hydrogens (tertiary/aromatic N) is 1. The Morgan fingerprint density at radius 3 is 1.53 bits per heavy atom. The lowest BCUT2D eigenvalue weighted by atomic mass is 10.0. The van der Waals surface area contributed by atoms with Crippen molar-refractivity contribution in [2.45, 2.75) is 200 Å². The van der Waals surface area contributed by atoms with Crippen LogP contribution in [-0.4, -0.2) is 75.6 Å². The first-order chi connectivity index (χ1) is 27.6. The second kappa shape index (κ2) is 41.2. The smallest absolute Gasteiger partial charge is 0.457 e. The first-order valence-corrected chi connectivity index (χ1v) is 24.9. The summed E-state index contributed by atoms with van der Waals surface area (Å²) in [5, 5.41) is 0. The fourth-order valence-electron chi connectivity index (χ4n) is 6.31. The first-order valence-electron chi connectivity index (χ1n) is 23.4. The number of esters is 1. The highest BCUT2D eigenvalue weighted by Crippen LogP contribution is 2.43. The number of likely N-dealkylation sites (N-methyl/N-ethyl adjacent to an activating group) is 1. The summed E-state index contributed by atoms with van der Waals surface area (Å²) in [5.41, 5.74) is 0. The molecule has 1 N–H and O–H groups in total. The van der Waals surface area contributed by atoms with Gasteiger partial charge in [-0.15, -0.1) is 0 Å². The second-order valence-electron chi connectivity index (χ2n) is 16.8. The minimum atomic E-state index is -4.28. The van der Waals surface area contributed by atoms with E-state index in [-0.39, 0.29) is 25.8 Å². The van der Waals surface area contributed by atoms with E-state index in [9.17, 15) is 14.3 Å². The molecule has 0 heterocycles. The van der Waals surface area contributed by atoms with Crippen LogP contribution < -0.4 is 0 Å². The molecule has 334 valence electrons. The summed E-state index contributed by atoms with van der Waals surface area (Å²) >= 11 is 0. The molecule has 0 aliphatic rings. The van der Waals surface area contributed by atoms with E-state index < -0.39 is 13.9 Å². The zero-order valence-electron chi connectivity index (χ0n) is 37.8. The van der Waals surface area contributed by atoms with Gasteiger partial charge in [0.2, 0.25) is 0 Å². The fourth-order valence-corrected chi connectivity index (χ4v) is 7.05. The van der Waals surface area contributed by atoms with Crippen LogP contribution in [0.3, 0.4) is 0 Å². The molecule has 0 radical (unpaired) electrons. The summed E-state index contributed by atoms with van der Waals surface area (Å²) in [4.78, 5) is 22.9. The van der Waals surface area contributed by atoms with Gasteiger partial charge in [-0.2, -0.15) is 0 Å². The van der Waals surface area contributed by atoms with E-state index in [1.807, 2.05) is 21.1 Å². The number of phosphoric ester groups is 1. The van der Waals surface area contributed by atoms with Crippen molar-refractivity contribution < 1.29 is 37.3 Å². The van der Waals surface area contributed by atoms with Crippen LogP contribution in [0.2, 0.25) is 0 Å². The molecule has 2 atom stereocenters. The largest absolute Gasteiger partial charge is 0.472 e. The van der Waals surface area contributed by atoms with Gasteiger partial charge in [0.05, 0.1) is 34.4 Å². The average molecular weight is 825 g/mol. The Bertz CT molecular complexity index is 1050. The molecule has 0 saturated carbocycles. The van der Waals surface area contributed by atoms with Gasteiger partial charge in [0.15, 0.2) is 0 Å². The van der Waals surface area contributed by atoms with Gasteiger partial charge in [-0.25, -0.2) is 4.57 Å². The summed E-state index contributed by atoms with van der Waals surface area (Å²) in [7, 11) is 1.66. The first kappa shape index (κ1) is 55.5. The lowest BCUT2D eigenvalue weighted by Gasteiger charge is -2.24. The van der Waals surface area contributed by atoms with Crippen LogP contribution in [0.1, 0.15) is 194 Å². The summed E-state index contributed by atoms with van der Waals surface area (Å²) in [6.45, 7) is 5.50. The highest BCUT2D eigenvalue weighted by molar-refractivity contribution is 7.47. The number of unbranched alkanes of at least 4 members (excludes halogenated alkanes) is 21. The molecule has 0 aromatic carbocycles.